The average molecular weight is 400 g/mol. The summed E-state index contributed by atoms with van der Waals surface area (Å²) in [6.07, 6.45) is 0. The Morgan fingerprint density at radius 2 is 1.70 bits per heavy atom. The maximum Gasteiger partial charge on any atom is 0.265 e. The van der Waals surface area contributed by atoms with E-state index >= 15 is 0 Å². The van der Waals surface area contributed by atoms with Gasteiger partial charge in [0.05, 0.1) is 15.6 Å². The Kier molecular flexibility index (Phi) is 5.78. The minimum Gasteiger partial charge on any atom is -0.378 e. The van der Waals surface area contributed by atoms with Crippen LogP contribution >= 0.6 is 22.9 Å². The standard InChI is InChI=1S/C20H18ClN3O2S/c1-24(2)15-8-6-14(7-9-15)22-19(25)13-5-10-16(21)17(12-13)23-20(26)18-4-3-11-27-18/h3-12H,1-2H3,(H,22,25)(H,23,26). The van der Waals surface area contributed by atoms with Gasteiger partial charge in [0.15, 0.2) is 0 Å². The Hall–Kier alpha value is -2.83. The molecule has 0 unspecified atom stereocenters. The molecule has 0 aliphatic rings. The second-order valence-electron chi connectivity index (χ2n) is 6.02. The minimum absolute atomic E-state index is 0.260. The van der Waals surface area contributed by atoms with Crippen LogP contribution in [-0.2, 0) is 0 Å². The van der Waals surface area contributed by atoms with Gasteiger partial charge in [0, 0.05) is 31.0 Å². The Bertz CT molecular complexity index is 954. The highest BCUT2D eigenvalue weighted by Crippen LogP contribution is 2.25. The summed E-state index contributed by atoms with van der Waals surface area (Å²) in [7, 11) is 3.90. The van der Waals surface area contributed by atoms with E-state index in [1.165, 1.54) is 11.3 Å². The van der Waals surface area contributed by atoms with E-state index in [1.54, 1.807) is 30.3 Å². The minimum atomic E-state index is -0.282. The fourth-order valence-electron chi connectivity index (χ4n) is 2.40. The molecule has 1 aromatic heterocycles. The fourth-order valence-corrected chi connectivity index (χ4v) is 3.18. The smallest absolute Gasteiger partial charge is 0.265 e. The van der Waals surface area contributed by atoms with Crippen molar-refractivity contribution in [3.8, 4) is 0 Å². The van der Waals surface area contributed by atoms with Gasteiger partial charge in [-0.1, -0.05) is 17.7 Å². The lowest BCUT2D eigenvalue weighted by molar-refractivity contribution is 0.101. The maximum atomic E-state index is 12.5. The molecule has 1 heterocycles. The molecule has 0 saturated carbocycles. The van der Waals surface area contributed by atoms with Crippen molar-refractivity contribution in [2.75, 3.05) is 29.6 Å². The summed E-state index contributed by atoms with van der Waals surface area (Å²) < 4.78 is 0. The Morgan fingerprint density at radius 3 is 2.33 bits per heavy atom. The first-order valence-corrected chi connectivity index (χ1v) is 9.43. The molecule has 3 aromatic rings. The number of rotatable bonds is 5. The summed E-state index contributed by atoms with van der Waals surface area (Å²) in [6.45, 7) is 0. The second-order valence-corrected chi connectivity index (χ2v) is 7.38. The number of hydrogen-bond donors (Lipinski definition) is 2. The molecule has 3 rings (SSSR count). The number of halogens is 1. The molecule has 2 aromatic carbocycles. The first kappa shape index (κ1) is 18.9. The normalized spacial score (nSPS) is 10.3. The van der Waals surface area contributed by atoms with Crippen LogP contribution in [0.2, 0.25) is 5.02 Å². The largest absolute Gasteiger partial charge is 0.378 e. The molecule has 7 heteroatoms. The number of nitrogens with zero attached hydrogens (tertiary/aromatic N) is 1. The summed E-state index contributed by atoms with van der Waals surface area (Å²) in [4.78, 5) is 27.3. The van der Waals surface area contributed by atoms with Crippen molar-refractivity contribution in [2.24, 2.45) is 0 Å². The lowest BCUT2D eigenvalue weighted by atomic mass is 10.1. The van der Waals surface area contributed by atoms with Crippen LogP contribution < -0.4 is 15.5 Å². The van der Waals surface area contributed by atoms with Crippen molar-refractivity contribution in [2.45, 2.75) is 0 Å². The van der Waals surface area contributed by atoms with E-state index < -0.39 is 0 Å². The van der Waals surface area contributed by atoms with Crippen molar-refractivity contribution >= 4 is 51.8 Å². The van der Waals surface area contributed by atoms with Gasteiger partial charge in [-0.15, -0.1) is 11.3 Å². The van der Waals surface area contributed by atoms with E-state index in [-0.39, 0.29) is 11.8 Å². The zero-order valence-corrected chi connectivity index (χ0v) is 16.4. The molecule has 2 amide bonds. The van der Waals surface area contributed by atoms with Crippen LogP contribution in [0.25, 0.3) is 0 Å². The number of amides is 2. The SMILES string of the molecule is CN(C)c1ccc(NC(=O)c2ccc(Cl)c(NC(=O)c3cccs3)c2)cc1. The van der Waals surface area contributed by atoms with E-state index in [0.29, 0.717) is 26.8 Å². The van der Waals surface area contributed by atoms with Crippen LogP contribution in [0.5, 0.6) is 0 Å². The monoisotopic (exact) mass is 399 g/mol. The third kappa shape index (κ3) is 4.67. The predicted molar refractivity (Wildman–Crippen MR) is 112 cm³/mol. The number of hydrogen-bond acceptors (Lipinski definition) is 4. The third-order valence-corrected chi connectivity index (χ3v) is 5.06. The third-order valence-electron chi connectivity index (χ3n) is 3.86. The highest BCUT2D eigenvalue weighted by Gasteiger charge is 2.13. The number of anilines is 3. The highest BCUT2D eigenvalue weighted by atomic mass is 35.5. The van der Waals surface area contributed by atoms with Crippen LogP contribution in [0.3, 0.4) is 0 Å². The first-order valence-electron chi connectivity index (χ1n) is 8.17. The Morgan fingerprint density at radius 1 is 0.963 bits per heavy atom. The van der Waals surface area contributed by atoms with Crippen molar-refractivity contribution < 1.29 is 9.59 Å². The van der Waals surface area contributed by atoms with Crippen LogP contribution in [0.4, 0.5) is 17.1 Å². The van der Waals surface area contributed by atoms with Gasteiger partial charge in [0.25, 0.3) is 11.8 Å². The summed E-state index contributed by atoms with van der Waals surface area (Å²) in [6, 6.07) is 15.8. The molecule has 0 aliphatic heterocycles. The molecule has 5 nitrogen and oxygen atoms in total. The summed E-state index contributed by atoms with van der Waals surface area (Å²) in [5, 5.41) is 7.78. The summed E-state index contributed by atoms with van der Waals surface area (Å²) >= 11 is 7.50. The maximum absolute atomic E-state index is 12.5. The van der Waals surface area contributed by atoms with Crippen molar-refractivity contribution in [1.82, 2.24) is 0 Å². The zero-order valence-electron chi connectivity index (χ0n) is 14.8. The Balaban J connectivity index is 1.74. The molecular formula is C20H18ClN3O2S. The van der Waals surface area contributed by atoms with Gasteiger partial charge in [-0.3, -0.25) is 9.59 Å². The molecule has 138 valence electrons. The average Bonchev–Trinajstić information content (AvgIpc) is 3.18. The van der Waals surface area contributed by atoms with E-state index in [2.05, 4.69) is 10.6 Å². The van der Waals surface area contributed by atoms with Crippen molar-refractivity contribution in [1.29, 1.82) is 0 Å². The van der Waals surface area contributed by atoms with Gasteiger partial charge in [-0.25, -0.2) is 0 Å². The summed E-state index contributed by atoms with van der Waals surface area (Å²) in [5.41, 5.74) is 2.52. The van der Waals surface area contributed by atoms with Gasteiger partial charge in [0.2, 0.25) is 0 Å². The molecule has 0 fully saturated rings. The number of nitrogens with one attached hydrogen (secondary N) is 2. The number of carbonyl (C=O) groups is 2. The van der Waals surface area contributed by atoms with Gasteiger partial charge in [0.1, 0.15) is 0 Å². The topological polar surface area (TPSA) is 61.4 Å². The Labute approximate surface area is 166 Å². The molecule has 0 bridgehead atoms. The zero-order chi connectivity index (χ0) is 19.4. The van der Waals surface area contributed by atoms with E-state index in [9.17, 15) is 9.59 Å². The van der Waals surface area contributed by atoms with Crippen LogP contribution in [0, 0.1) is 0 Å². The van der Waals surface area contributed by atoms with Crippen LogP contribution in [-0.4, -0.2) is 25.9 Å². The number of carbonyl (C=O) groups excluding carboxylic acids is 2. The quantitative estimate of drug-likeness (QED) is 0.636. The van der Waals surface area contributed by atoms with Crippen molar-refractivity contribution in [3.63, 3.8) is 0 Å². The van der Waals surface area contributed by atoms with E-state index in [4.69, 9.17) is 11.6 Å². The molecule has 27 heavy (non-hydrogen) atoms. The molecule has 0 saturated heterocycles. The highest BCUT2D eigenvalue weighted by molar-refractivity contribution is 7.12. The van der Waals surface area contributed by atoms with E-state index in [0.717, 1.165) is 5.69 Å². The fraction of sp³-hybridized carbons (Fsp3) is 0.100. The van der Waals surface area contributed by atoms with Crippen LogP contribution in [0.1, 0.15) is 20.0 Å². The van der Waals surface area contributed by atoms with E-state index in [1.807, 2.05) is 48.6 Å². The van der Waals surface area contributed by atoms with Gasteiger partial charge >= 0.3 is 0 Å². The molecule has 2 N–H and O–H groups in total. The lowest BCUT2D eigenvalue weighted by Crippen LogP contribution is -2.14. The predicted octanol–water partition coefficient (Wildman–Crippen LogP) is 4.97. The van der Waals surface area contributed by atoms with Gasteiger partial charge in [-0.05, 0) is 53.9 Å². The summed E-state index contributed by atoms with van der Waals surface area (Å²) in [5.74, 6) is -0.542. The molecule has 0 aliphatic carbocycles. The lowest BCUT2D eigenvalue weighted by Gasteiger charge is -2.13. The molecule has 0 radical (unpaired) electrons. The first-order chi connectivity index (χ1) is 12.9. The molecule has 0 spiro atoms. The van der Waals surface area contributed by atoms with Crippen molar-refractivity contribution in [3.05, 3.63) is 75.4 Å². The van der Waals surface area contributed by atoms with Gasteiger partial charge < -0.3 is 15.5 Å². The van der Waals surface area contributed by atoms with Gasteiger partial charge in [-0.2, -0.15) is 0 Å². The molecule has 0 atom stereocenters. The number of thiophene rings is 1. The number of benzene rings is 2. The molecular weight excluding hydrogens is 382 g/mol. The second kappa shape index (κ2) is 8.24. The van der Waals surface area contributed by atoms with Crippen LogP contribution in [0.15, 0.2) is 60.0 Å².